The molecule has 2 aromatic rings. The van der Waals surface area contributed by atoms with E-state index in [0.29, 0.717) is 5.69 Å². The number of hydrogen-bond donors (Lipinski definition) is 1. The summed E-state index contributed by atoms with van der Waals surface area (Å²) in [6, 6.07) is 5.89. The lowest BCUT2D eigenvalue weighted by atomic mass is 10.1. The van der Waals surface area contributed by atoms with Crippen molar-refractivity contribution in [2.75, 3.05) is 39.3 Å². The van der Waals surface area contributed by atoms with Gasteiger partial charge in [0.2, 0.25) is 0 Å². The van der Waals surface area contributed by atoms with E-state index in [2.05, 4.69) is 25.5 Å². The van der Waals surface area contributed by atoms with Gasteiger partial charge >= 0.3 is 0 Å². The fourth-order valence-corrected chi connectivity index (χ4v) is 3.72. The van der Waals surface area contributed by atoms with E-state index >= 15 is 0 Å². The molecule has 138 valence electrons. The van der Waals surface area contributed by atoms with Crippen molar-refractivity contribution in [1.82, 2.24) is 35.1 Å². The van der Waals surface area contributed by atoms with Gasteiger partial charge in [-0.1, -0.05) is 11.3 Å². The van der Waals surface area contributed by atoms with Crippen LogP contribution in [0.1, 0.15) is 35.1 Å². The van der Waals surface area contributed by atoms with Gasteiger partial charge < -0.3 is 10.2 Å². The number of carbonyl (C=O) groups excluding carboxylic acids is 1. The second-order valence-electron chi connectivity index (χ2n) is 6.87. The van der Waals surface area contributed by atoms with E-state index in [1.807, 2.05) is 23.1 Å². The molecular weight excluding hydrogens is 330 g/mol. The van der Waals surface area contributed by atoms with Gasteiger partial charge in [-0.15, -0.1) is 5.10 Å². The van der Waals surface area contributed by atoms with Crippen molar-refractivity contribution in [1.29, 1.82) is 0 Å². The molecule has 1 N–H and O–H groups in total. The topological polar surface area (TPSA) is 79.2 Å². The Bertz CT molecular complexity index is 726. The minimum absolute atomic E-state index is 0.0368. The number of amides is 1. The Morgan fingerprint density at radius 1 is 1.19 bits per heavy atom. The summed E-state index contributed by atoms with van der Waals surface area (Å²) in [6.07, 6.45) is 5.49. The third-order valence-electron chi connectivity index (χ3n) is 5.16. The van der Waals surface area contributed by atoms with Crippen LogP contribution < -0.4 is 5.32 Å². The molecule has 0 radical (unpaired) electrons. The van der Waals surface area contributed by atoms with Crippen LogP contribution in [0.2, 0.25) is 0 Å². The highest BCUT2D eigenvalue weighted by molar-refractivity contribution is 5.92. The smallest absolute Gasteiger partial charge is 0.276 e. The Kier molecular flexibility index (Phi) is 5.21. The van der Waals surface area contributed by atoms with Gasteiger partial charge in [0, 0.05) is 45.5 Å². The summed E-state index contributed by atoms with van der Waals surface area (Å²) in [5.74, 6) is -0.0495. The fraction of sp³-hybridized carbons (Fsp3) is 0.556. The normalized spacial score (nSPS) is 21.2. The summed E-state index contributed by atoms with van der Waals surface area (Å²) < 4.78 is 1.78. The zero-order valence-electron chi connectivity index (χ0n) is 14.9. The summed E-state index contributed by atoms with van der Waals surface area (Å²) in [5, 5.41) is 11.6. The molecule has 0 aromatic carbocycles. The predicted octanol–water partition coefficient (Wildman–Crippen LogP) is 0.556. The number of hydrogen-bond acceptors (Lipinski definition) is 6. The summed E-state index contributed by atoms with van der Waals surface area (Å²) in [4.78, 5) is 21.6. The highest BCUT2D eigenvalue weighted by Gasteiger charge is 2.32. The molecule has 0 aliphatic carbocycles. The number of aromatic nitrogens is 4. The molecule has 1 amide bonds. The molecule has 4 heterocycles. The Balaban J connectivity index is 1.39. The average Bonchev–Trinajstić information content (AvgIpc) is 3.37. The first-order chi connectivity index (χ1) is 12.8. The van der Waals surface area contributed by atoms with Crippen LogP contribution in [0.15, 0.2) is 30.6 Å². The highest BCUT2D eigenvalue weighted by Crippen LogP contribution is 2.31. The van der Waals surface area contributed by atoms with E-state index in [1.165, 1.54) is 0 Å². The molecular formula is C18H25N7O. The number of likely N-dealkylation sites (tertiary alicyclic amines) is 1. The summed E-state index contributed by atoms with van der Waals surface area (Å²) in [5.41, 5.74) is 1.37. The van der Waals surface area contributed by atoms with Crippen LogP contribution in [0, 0.1) is 0 Å². The first-order valence-corrected chi connectivity index (χ1v) is 9.36. The lowest BCUT2D eigenvalue weighted by molar-refractivity contribution is 0.0727. The molecule has 8 heteroatoms. The van der Waals surface area contributed by atoms with E-state index in [0.717, 1.165) is 64.3 Å². The van der Waals surface area contributed by atoms with E-state index < -0.39 is 0 Å². The van der Waals surface area contributed by atoms with Crippen LogP contribution in [0.25, 0.3) is 0 Å². The maximum atomic E-state index is 12.9. The lowest BCUT2D eigenvalue weighted by Gasteiger charge is -2.26. The minimum atomic E-state index is -0.0495. The monoisotopic (exact) mass is 355 g/mol. The molecule has 2 fully saturated rings. The SMILES string of the molecule is O=C(c1cn(CCN2CCNCC2)nn1)N1CCCC1c1ccccn1. The number of rotatable bonds is 5. The highest BCUT2D eigenvalue weighted by atomic mass is 16.2. The number of nitrogens with zero attached hydrogens (tertiary/aromatic N) is 6. The van der Waals surface area contributed by atoms with Gasteiger partial charge in [0.15, 0.2) is 5.69 Å². The van der Waals surface area contributed by atoms with Crippen molar-refractivity contribution >= 4 is 5.91 Å². The molecule has 8 nitrogen and oxygen atoms in total. The van der Waals surface area contributed by atoms with E-state index in [4.69, 9.17) is 0 Å². The third kappa shape index (κ3) is 3.76. The maximum Gasteiger partial charge on any atom is 0.276 e. The molecule has 26 heavy (non-hydrogen) atoms. The van der Waals surface area contributed by atoms with Crippen molar-refractivity contribution in [3.8, 4) is 0 Å². The molecule has 1 unspecified atom stereocenters. The summed E-state index contributed by atoms with van der Waals surface area (Å²) >= 11 is 0. The van der Waals surface area contributed by atoms with Crippen molar-refractivity contribution < 1.29 is 4.79 Å². The quantitative estimate of drug-likeness (QED) is 0.844. The minimum Gasteiger partial charge on any atom is -0.329 e. The molecule has 2 aliphatic heterocycles. The van der Waals surface area contributed by atoms with Gasteiger partial charge in [-0.2, -0.15) is 0 Å². The Morgan fingerprint density at radius 3 is 2.88 bits per heavy atom. The third-order valence-corrected chi connectivity index (χ3v) is 5.16. The van der Waals surface area contributed by atoms with Gasteiger partial charge in [0.05, 0.1) is 24.5 Å². The Labute approximate surface area is 153 Å². The Morgan fingerprint density at radius 2 is 2.08 bits per heavy atom. The Hall–Kier alpha value is -2.32. The zero-order chi connectivity index (χ0) is 17.8. The van der Waals surface area contributed by atoms with Crippen molar-refractivity contribution in [2.24, 2.45) is 0 Å². The first-order valence-electron chi connectivity index (χ1n) is 9.36. The van der Waals surface area contributed by atoms with Crippen molar-refractivity contribution in [2.45, 2.75) is 25.4 Å². The number of piperazine rings is 1. The van der Waals surface area contributed by atoms with Crippen LogP contribution in [0.5, 0.6) is 0 Å². The second-order valence-corrected chi connectivity index (χ2v) is 6.87. The molecule has 2 aromatic heterocycles. The predicted molar refractivity (Wildman–Crippen MR) is 96.6 cm³/mol. The van der Waals surface area contributed by atoms with Crippen LogP contribution in [0.4, 0.5) is 0 Å². The maximum absolute atomic E-state index is 12.9. The van der Waals surface area contributed by atoms with Crippen LogP contribution in [-0.2, 0) is 6.54 Å². The molecule has 1 atom stereocenters. The fourth-order valence-electron chi connectivity index (χ4n) is 3.72. The molecule has 0 saturated carbocycles. The van der Waals surface area contributed by atoms with Crippen LogP contribution >= 0.6 is 0 Å². The van der Waals surface area contributed by atoms with Gasteiger partial charge in [-0.05, 0) is 25.0 Å². The van der Waals surface area contributed by atoms with Crippen molar-refractivity contribution in [3.05, 3.63) is 42.0 Å². The lowest BCUT2D eigenvalue weighted by Crippen LogP contribution is -2.44. The molecule has 2 saturated heterocycles. The van der Waals surface area contributed by atoms with Crippen LogP contribution in [0.3, 0.4) is 0 Å². The van der Waals surface area contributed by atoms with Crippen LogP contribution in [-0.4, -0.2) is 75.0 Å². The molecule has 0 spiro atoms. The van der Waals surface area contributed by atoms with E-state index in [9.17, 15) is 4.79 Å². The largest absolute Gasteiger partial charge is 0.329 e. The average molecular weight is 355 g/mol. The van der Waals surface area contributed by atoms with Gasteiger partial charge in [0.25, 0.3) is 5.91 Å². The van der Waals surface area contributed by atoms with Gasteiger partial charge in [-0.3, -0.25) is 19.4 Å². The number of carbonyl (C=O) groups is 1. The molecule has 2 aliphatic rings. The number of nitrogens with one attached hydrogen (secondary N) is 1. The zero-order valence-corrected chi connectivity index (χ0v) is 14.9. The summed E-state index contributed by atoms with van der Waals surface area (Å²) in [6.45, 7) is 6.60. The van der Waals surface area contributed by atoms with E-state index in [-0.39, 0.29) is 11.9 Å². The summed E-state index contributed by atoms with van der Waals surface area (Å²) in [7, 11) is 0. The molecule has 4 rings (SSSR count). The van der Waals surface area contributed by atoms with Gasteiger partial charge in [0.1, 0.15) is 0 Å². The first kappa shape index (κ1) is 17.1. The van der Waals surface area contributed by atoms with Crippen molar-refractivity contribution in [3.63, 3.8) is 0 Å². The number of pyridine rings is 1. The van der Waals surface area contributed by atoms with E-state index in [1.54, 1.807) is 17.1 Å². The molecule has 0 bridgehead atoms. The van der Waals surface area contributed by atoms with Gasteiger partial charge in [-0.25, -0.2) is 0 Å². The second kappa shape index (κ2) is 7.92. The standard InChI is InChI=1S/C18H25N7O/c26-18(25-9-3-5-17(25)15-4-1-2-6-20-15)16-14-24(22-21-16)13-12-23-10-7-19-8-11-23/h1-2,4,6,14,17,19H,3,5,7-13H2.